The van der Waals surface area contributed by atoms with Gasteiger partial charge in [0.05, 0.1) is 12.0 Å². The summed E-state index contributed by atoms with van der Waals surface area (Å²) in [5, 5.41) is 8.94. The fourth-order valence-electron chi connectivity index (χ4n) is 2.19. The van der Waals surface area contributed by atoms with E-state index in [2.05, 4.69) is 20.8 Å². The summed E-state index contributed by atoms with van der Waals surface area (Å²) in [7, 11) is 0. The van der Waals surface area contributed by atoms with Crippen LogP contribution >= 0.6 is 0 Å². The van der Waals surface area contributed by atoms with Crippen molar-refractivity contribution in [2.45, 2.75) is 40.0 Å². The van der Waals surface area contributed by atoms with Crippen molar-refractivity contribution in [3.63, 3.8) is 0 Å². The van der Waals surface area contributed by atoms with Crippen molar-refractivity contribution in [2.24, 2.45) is 11.3 Å². The Morgan fingerprint density at radius 1 is 1.40 bits per heavy atom. The average molecular weight is 213 g/mol. The van der Waals surface area contributed by atoms with Gasteiger partial charge in [-0.25, -0.2) is 0 Å². The van der Waals surface area contributed by atoms with Crippen molar-refractivity contribution in [2.75, 3.05) is 19.7 Å². The Labute approximate surface area is 92.5 Å². The molecule has 1 saturated carbocycles. The van der Waals surface area contributed by atoms with Gasteiger partial charge in [0, 0.05) is 13.1 Å². The van der Waals surface area contributed by atoms with Crippen LogP contribution in [-0.4, -0.2) is 35.6 Å². The van der Waals surface area contributed by atoms with Crippen LogP contribution in [0.5, 0.6) is 0 Å². The molecule has 0 aliphatic heterocycles. The quantitative estimate of drug-likeness (QED) is 0.729. The molecule has 0 unspecified atom stereocenters. The number of hydrogen-bond donors (Lipinski definition) is 1. The Hall–Kier alpha value is -0.570. The van der Waals surface area contributed by atoms with Crippen molar-refractivity contribution in [1.82, 2.24) is 4.90 Å². The molecule has 0 saturated heterocycles. The van der Waals surface area contributed by atoms with Crippen LogP contribution in [0, 0.1) is 11.3 Å². The fourth-order valence-corrected chi connectivity index (χ4v) is 2.19. The van der Waals surface area contributed by atoms with Crippen LogP contribution in [-0.2, 0) is 4.79 Å². The summed E-state index contributed by atoms with van der Waals surface area (Å²) in [5.41, 5.74) is -0.0929. The van der Waals surface area contributed by atoms with Gasteiger partial charge in [0.2, 0.25) is 5.91 Å². The summed E-state index contributed by atoms with van der Waals surface area (Å²) in [6, 6.07) is 0. The molecule has 1 amide bonds. The number of nitrogens with zero attached hydrogens (tertiary/aromatic N) is 1. The Bertz CT molecular complexity index is 216. The lowest BCUT2D eigenvalue weighted by molar-refractivity contribution is -0.139. The second kappa shape index (κ2) is 4.97. The summed E-state index contributed by atoms with van der Waals surface area (Å²) < 4.78 is 0. The van der Waals surface area contributed by atoms with E-state index in [4.69, 9.17) is 5.11 Å². The molecule has 0 atom stereocenters. The third kappa shape index (κ3) is 2.51. The highest BCUT2D eigenvalue weighted by atomic mass is 16.3. The number of hydrogen-bond acceptors (Lipinski definition) is 2. The van der Waals surface area contributed by atoms with Crippen LogP contribution in [0.2, 0.25) is 0 Å². The minimum Gasteiger partial charge on any atom is -0.395 e. The number of aliphatic hydroxyl groups is 1. The maximum Gasteiger partial charge on any atom is 0.229 e. The minimum atomic E-state index is -0.0929. The predicted octanol–water partition coefficient (Wildman–Crippen LogP) is 1.65. The van der Waals surface area contributed by atoms with Crippen LogP contribution in [0.3, 0.4) is 0 Å². The molecule has 0 spiro atoms. The van der Waals surface area contributed by atoms with Gasteiger partial charge in [-0.1, -0.05) is 20.8 Å². The smallest absolute Gasteiger partial charge is 0.229 e. The minimum absolute atomic E-state index is 0.0694. The largest absolute Gasteiger partial charge is 0.395 e. The Balaban J connectivity index is 2.63. The third-order valence-electron chi connectivity index (χ3n) is 3.47. The van der Waals surface area contributed by atoms with Crippen molar-refractivity contribution in [1.29, 1.82) is 0 Å². The van der Waals surface area contributed by atoms with Crippen molar-refractivity contribution < 1.29 is 9.90 Å². The van der Waals surface area contributed by atoms with E-state index in [0.717, 1.165) is 25.8 Å². The zero-order valence-electron chi connectivity index (χ0n) is 10.1. The highest BCUT2D eigenvalue weighted by Crippen LogP contribution is 2.53. The molecule has 1 N–H and O–H groups in total. The van der Waals surface area contributed by atoms with E-state index in [0.29, 0.717) is 12.5 Å². The molecule has 3 heteroatoms. The highest BCUT2D eigenvalue weighted by molar-refractivity contribution is 5.85. The second-order valence-electron chi connectivity index (χ2n) is 4.83. The van der Waals surface area contributed by atoms with Gasteiger partial charge in [-0.15, -0.1) is 0 Å². The predicted molar refractivity (Wildman–Crippen MR) is 60.5 cm³/mol. The van der Waals surface area contributed by atoms with Crippen LogP contribution in [0.25, 0.3) is 0 Å². The van der Waals surface area contributed by atoms with Crippen LogP contribution < -0.4 is 0 Å². The summed E-state index contributed by atoms with van der Waals surface area (Å²) in [4.78, 5) is 14.1. The van der Waals surface area contributed by atoms with Gasteiger partial charge < -0.3 is 10.0 Å². The van der Waals surface area contributed by atoms with Gasteiger partial charge in [0.1, 0.15) is 0 Å². The summed E-state index contributed by atoms with van der Waals surface area (Å²) >= 11 is 0. The zero-order valence-corrected chi connectivity index (χ0v) is 10.1. The SMILES string of the molecule is CCCN(CCO)C(=O)C1(C(C)C)CC1. The van der Waals surface area contributed by atoms with Crippen LogP contribution in [0.15, 0.2) is 0 Å². The molecule has 1 aliphatic carbocycles. The number of aliphatic hydroxyl groups excluding tert-OH is 1. The molecule has 1 aliphatic rings. The first-order chi connectivity index (χ1) is 7.08. The lowest BCUT2D eigenvalue weighted by Gasteiger charge is -2.28. The van der Waals surface area contributed by atoms with E-state index in [-0.39, 0.29) is 17.9 Å². The maximum absolute atomic E-state index is 12.3. The van der Waals surface area contributed by atoms with Crippen molar-refractivity contribution >= 4 is 5.91 Å². The topological polar surface area (TPSA) is 40.5 Å². The van der Waals surface area contributed by atoms with Gasteiger partial charge in [0.15, 0.2) is 0 Å². The molecule has 0 bridgehead atoms. The average Bonchev–Trinajstić information content (AvgIpc) is 2.97. The lowest BCUT2D eigenvalue weighted by Crippen LogP contribution is -2.41. The number of carbonyl (C=O) groups is 1. The highest BCUT2D eigenvalue weighted by Gasteiger charge is 2.53. The molecule has 15 heavy (non-hydrogen) atoms. The molecular formula is C12H23NO2. The first-order valence-corrected chi connectivity index (χ1v) is 5.98. The molecule has 3 nitrogen and oxygen atoms in total. The van der Waals surface area contributed by atoms with Crippen molar-refractivity contribution in [3.05, 3.63) is 0 Å². The van der Waals surface area contributed by atoms with Crippen LogP contribution in [0.4, 0.5) is 0 Å². The Morgan fingerprint density at radius 2 is 2.00 bits per heavy atom. The number of rotatable bonds is 6. The summed E-state index contributed by atoms with van der Waals surface area (Å²) in [5.74, 6) is 0.677. The number of carbonyl (C=O) groups excluding carboxylic acids is 1. The molecule has 0 aromatic carbocycles. The Kier molecular flexibility index (Phi) is 4.14. The molecule has 1 fully saturated rings. The summed E-state index contributed by atoms with van der Waals surface area (Å²) in [6.07, 6.45) is 3.00. The maximum atomic E-state index is 12.3. The third-order valence-corrected chi connectivity index (χ3v) is 3.47. The fraction of sp³-hybridized carbons (Fsp3) is 0.917. The van der Waals surface area contributed by atoms with Gasteiger partial charge >= 0.3 is 0 Å². The molecule has 0 heterocycles. The monoisotopic (exact) mass is 213 g/mol. The van der Waals surface area contributed by atoms with Gasteiger partial charge in [-0.2, -0.15) is 0 Å². The van der Waals surface area contributed by atoms with Gasteiger partial charge in [-0.3, -0.25) is 4.79 Å². The van der Waals surface area contributed by atoms with E-state index in [1.54, 1.807) is 0 Å². The van der Waals surface area contributed by atoms with Crippen molar-refractivity contribution in [3.8, 4) is 0 Å². The molecule has 0 aromatic heterocycles. The molecule has 88 valence electrons. The van der Waals surface area contributed by atoms with Gasteiger partial charge in [-0.05, 0) is 25.2 Å². The van der Waals surface area contributed by atoms with E-state index in [1.807, 2.05) is 4.90 Å². The molecular weight excluding hydrogens is 190 g/mol. The van der Waals surface area contributed by atoms with Crippen LogP contribution in [0.1, 0.15) is 40.0 Å². The molecule has 0 aromatic rings. The molecule has 1 rings (SSSR count). The van der Waals surface area contributed by atoms with E-state index in [1.165, 1.54) is 0 Å². The second-order valence-corrected chi connectivity index (χ2v) is 4.83. The first kappa shape index (κ1) is 12.5. The van der Waals surface area contributed by atoms with E-state index < -0.39 is 0 Å². The zero-order chi connectivity index (χ0) is 11.5. The van der Waals surface area contributed by atoms with Gasteiger partial charge in [0.25, 0.3) is 0 Å². The lowest BCUT2D eigenvalue weighted by atomic mass is 9.91. The summed E-state index contributed by atoms with van der Waals surface area (Å²) in [6.45, 7) is 7.63. The Morgan fingerprint density at radius 3 is 2.33 bits per heavy atom. The van der Waals surface area contributed by atoms with E-state index >= 15 is 0 Å². The number of amides is 1. The normalized spacial score (nSPS) is 17.9. The van der Waals surface area contributed by atoms with E-state index in [9.17, 15) is 4.79 Å². The first-order valence-electron chi connectivity index (χ1n) is 5.98. The standard InChI is InChI=1S/C12H23NO2/c1-4-7-13(8-9-14)11(15)12(5-6-12)10(2)3/h10,14H,4-9H2,1-3H3. The molecule has 0 radical (unpaired) electrons.